The fourth-order valence-electron chi connectivity index (χ4n) is 3.42. The molecule has 0 aliphatic heterocycles. The molecule has 164 valence electrons. The summed E-state index contributed by atoms with van der Waals surface area (Å²) in [6.07, 6.45) is 6.25. The van der Waals surface area contributed by atoms with Gasteiger partial charge in [0.2, 0.25) is 0 Å². The lowest BCUT2D eigenvalue weighted by atomic mass is 9.99. The van der Waals surface area contributed by atoms with Gasteiger partial charge in [-0.3, -0.25) is 4.79 Å². The van der Waals surface area contributed by atoms with Crippen LogP contribution in [0.2, 0.25) is 0 Å². The number of pyridine rings is 1. The number of hydrogen-bond acceptors (Lipinski definition) is 6. The number of nitrogens with zero attached hydrogens (tertiary/aromatic N) is 1. The van der Waals surface area contributed by atoms with Crippen molar-refractivity contribution in [2.75, 3.05) is 16.9 Å². The summed E-state index contributed by atoms with van der Waals surface area (Å²) in [6.45, 7) is 4.16. The second-order valence-electron chi connectivity index (χ2n) is 7.35. The minimum absolute atomic E-state index is 0.177. The standard InChI is InChI=1S/C25H25N3O2S2/c1-4-18-15-20(25(32-18)28-24(29)21-6-5-13-30-21)23(17-7-9-19(31-3)10-8-17)27-22-14-16(2)11-12-26-22/h5-15,23H,4H2,1-3H3,(H,26,27)(H,28,29)/t23-/m0/s1. The number of rotatable bonds is 8. The third-order valence-electron chi connectivity index (χ3n) is 5.10. The molecule has 0 fully saturated rings. The van der Waals surface area contributed by atoms with E-state index in [0.717, 1.165) is 33.9 Å². The molecule has 7 heteroatoms. The number of aryl methyl sites for hydroxylation is 2. The first-order valence-electron chi connectivity index (χ1n) is 10.4. The first-order valence-corrected chi connectivity index (χ1v) is 12.4. The number of nitrogens with one attached hydrogen (secondary N) is 2. The van der Waals surface area contributed by atoms with Crippen molar-refractivity contribution in [1.82, 2.24) is 4.98 Å². The molecule has 4 aromatic rings. The van der Waals surface area contributed by atoms with Gasteiger partial charge in [-0.2, -0.15) is 0 Å². The van der Waals surface area contributed by atoms with Gasteiger partial charge in [0, 0.05) is 21.5 Å². The smallest absolute Gasteiger partial charge is 0.291 e. The Balaban J connectivity index is 1.75. The molecule has 0 saturated heterocycles. The van der Waals surface area contributed by atoms with Crippen LogP contribution in [0.1, 0.15) is 45.1 Å². The van der Waals surface area contributed by atoms with Crippen LogP contribution in [0, 0.1) is 6.92 Å². The fourth-order valence-corrected chi connectivity index (χ4v) is 4.86. The average Bonchev–Trinajstić information content (AvgIpc) is 3.48. The van der Waals surface area contributed by atoms with E-state index in [1.54, 1.807) is 41.4 Å². The molecule has 5 nitrogen and oxygen atoms in total. The minimum atomic E-state index is -0.258. The molecule has 1 atom stereocenters. The Kier molecular flexibility index (Phi) is 6.97. The Hall–Kier alpha value is -3.03. The number of thiophene rings is 1. The number of amides is 1. The van der Waals surface area contributed by atoms with Gasteiger partial charge in [0.1, 0.15) is 10.8 Å². The summed E-state index contributed by atoms with van der Waals surface area (Å²) < 4.78 is 5.28. The first-order chi connectivity index (χ1) is 15.6. The fraction of sp³-hybridized carbons (Fsp3) is 0.200. The zero-order chi connectivity index (χ0) is 22.5. The van der Waals surface area contributed by atoms with E-state index in [4.69, 9.17) is 4.42 Å². The van der Waals surface area contributed by atoms with Crippen LogP contribution in [0.4, 0.5) is 10.8 Å². The van der Waals surface area contributed by atoms with Crippen LogP contribution in [-0.4, -0.2) is 17.1 Å². The molecule has 3 aromatic heterocycles. The van der Waals surface area contributed by atoms with Gasteiger partial charge in [0.25, 0.3) is 5.91 Å². The van der Waals surface area contributed by atoms with Gasteiger partial charge in [-0.05, 0) is 73.2 Å². The van der Waals surface area contributed by atoms with E-state index in [0.29, 0.717) is 0 Å². The molecular weight excluding hydrogens is 438 g/mol. The quantitative estimate of drug-likeness (QED) is 0.282. The summed E-state index contributed by atoms with van der Waals surface area (Å²) >= 11 is 3.30. The van der Waals surface area contributed by atoms with Gasteiger partial charge in [0.15, 0.2) is 5.76 Å². The molecule has 0 aliphatic carbocycles. The highest BCUT2D eigenvalue weighted by Crippen LogP contribution is 2.38. The lowest BCUT2D eigenvalue weighted by Crippen LogP contribution is -2.17. The van der Waals surface area contributed by atoms with Gasteiger partial charge in [-0.25, -0.2) is 4.98 Å². The maximum absolute atomic E-state index is 12.7. The number of hydrogen-bond donors (Lipinski definition) is 2. The molecule has 3 heterocycles. The van der Waals surface area contributed by atoms with E-state index in [1.807, 2.05) is 19.1 Å². The Bertz CT molecular complexity index is 1180. The van der Waals surface area contributed by atoms with Crippen LogP contribution in [0.3, 0.4) is 0 Å². The van der Waals surface area contributed by atoms with Gasteiger partial charge in [-0.1, -0.05) is 19.1 Å². The monoisotopic (exact) mass is 463 g/mol. The average molecular weight is 464 g/mol. The van der Waals surface area contributed by atoms with Crippen LogP contribution in [0.15, 0.2) is 76.4 Å². The van der Waals surface area contributed by atoms with Gasteiger partial charge >= 0.3 is 0 Å². The molecule has 4 rings (SSSR count). The van der Waals surface area contributed by atoms with E-state index in [2.05, 4.69) is 59.1 Å². The lowest BCUT2D eigenvalue weighted by Gasteiger charge is -2.21. The van der Waals surface area contributed by atoms with E-state index < -0.39 is 0 Å². The summed E-state index contributed by atoms with van der Waals surface area (Å²) in [5.74, 6) is 0.819. The Morgan fingerprint density at radius 2 is 2.00 bits per heavy atom. The third kappa shape index (κ3) is 5.06. The normalized spacial score (nSPS) is 11.8. The molecule has 0 unspecified atom stereocenters. The zero-order valence-corrected chi connectivity index (χ0v) is 19.8. The van der Waals surface area contributed by atoms with Gasteiger partial charge in [0.05, 0.1) is 12.3 Å². The molecule has 0 radical (unpaired) electrons. The summed E-state index contributed by atoms with van der Waals surface area (Å²) in [4.78, 5) is 19.6. The number of furan rings is 1. The van der Waals surface area contributed by atoms with Crippen molar-refractivity contribution in [3.05, 3.63) is 94.4 Å². The van der Waals surface area contributed by atoms with Crippen molar-refractivity contribution >= 4 is 39.8 Å². The first kappa shape index (κ1) is 22.2. The maximum Gasteiger partial charge on any atom is 0.291 e. The molecule has 1 aromatic carbocycles. The van der Waals surface area contributed by atoms with Crippen molar-refractivity contribution in [3.63, 3.8) is 0 Å². The summed E-state index contributed by atoms with van der Waals surface area (Å²) in [5.41, 5.74) is 3.23. The Morgan fingerprint density at radius 1 is 1.19 bits per heavy atom. The number of aromatic nitrogens is 1. The van der Waals surface area contributed by atoms with Gasteiger partial charge in [-0.15, -0.1) is 23.1 Å². The van der Waals surface area contributed by atoms with Crippen molar-refractivity contribution in [3.8, 4) is 0 Å². The van der Waals surface area contributed by atoms with Crippen LogP contribution in [0.25, 0.3) is 0 Å². The highest BCUT2D eigenvalue weighted by molar-refractivity contribution is 7.98. The predicted octanol–water partition coefficient (Wildman–Crippen LogP) is 6.78. The number of thioether (sulfide) groups is 1. The van der Waals surface area contributed by atoms with Crippen LogP contribution < -0.4 is 10.6 Å². The topological polar surface area (TPSA) is 67.2 Å². The summed E-state index contributed by atoms with van der Waals surface area (Å²) in [5, 5.41) is 7.46. The molecule has 0 aliphatic rings. The number of carbonyl (C=O) groups is 1. The third-order valence-corrected chi connectivity index (χ3v) is 7.05. The van der Waals surface area contributed by atoms with Crippen molar-refractivity contribution in [2.24, 2.45) is 0 Å². The maximum atomic E-state index is 12.7. The molecule has 2 N–H and O–H groups in total. The molecule has 32 heavy (non-hydrogen) atoms. The van der Waals surface area contributed by atoms with Crippen molar-refractivity contribution in [1.29, 1.82) is 0 Å². The predicted molar refractivity (Wildman–Crippen MR) is 133 cm³/mol. The number of benzene rings is 1. The second kappa shape index (κ2) is 10.1. The van der Waals surface area contributed by atoms with Crippen molar-refractivity contribution in [2.45, 2.75) is 31.2 Å². The Morgan fingerprint density at radius 3 is 2.66 bits per heavy atom. The van der Waals surface area contributed by atoms with Crippen LogP contribution in [-0.2, 0) is 6.42 Å². The molecule has 0 saturated carbocycles. The highest BCUT2D eigenvalue weighted by atomic mass is 32.2. The lowest BCUT2D eigenvalue weighted by molar-refractivity contribution is 0.0997. The Labute approximate surface area is 196 Å². The van der Waals surface area contributed by atoms with Crippen LogP contribution >= 0.6 is 23.1 Å². The van der Waals surface area contributed by atoms with Gasteiger partial charge < -0.3 is 15.1 Å². The summed E-state index contributed by atoms with van der Waals surface area (Å²) in [6, 6.07) is 17.8. The highest BCUT2D eigenvalue weighted by Gasteiger charge is 2.23. The molecular formula is C25H25N3O2S2. The minimum Gasteiger partial charge on any atom is -0.459 e. The van der Waals surface area contributed by atoms with E-state index in [9.17, 15) is 4.79 Å². The van der Waals surface area contributed by atoms with E-state index in [-0.39, 0.29) is 17.7 Å². The number of carbonyl (C=O) groups excluding carboxylic acids is 1. The zero-order valence-electron chi connectivity index (χ0n) is 18.2. The second-order valence-corrected chi connectivity index (χ2v) is 9.37. The summed E-state index contributed by atoms with van der Waals surface area (Å²) in [7, 11) is 0. The molecule has 0 bridgehead atoms. The largest absolute Gasteiger partial charge is 0.459 e. The van der Waals surface area contributed by atoms with E-state index in [1.165, 1.54) is 16.0 Å². The van der Waals surface area contributed by atoms with Crippen LogP contribution in [0.5, 0.6) is 0 Å². The van der Waals surface area contributed by atoms with Crippen molar-refractivity contribution < 1.29 is 9.21 Å². The molecule has 1 amide bonds. The molecule has 0 spiro atoms. The SMILES string of the molecule is CCc1cc([C@@H](Nc2cc(C)ccn2)c2ccc(SC)cc2)c(NC(=O)c2ccco2)s1. The van der Waals surface area contributed by atoms with E-state index >= 15 is 0 Å². The number of anilines is 2.